The second-order valence-electron chi connectivity index (χ2n) is 4.34. The van der Waals surface area contributed by atoms with Crippen molar-refractivity contribution in [1.29, 1.82) is 0 Å². The molecule has 2 atom stereocenters. The number of carbonyl (C=O) groups excluding carboxylic acids is 1. The highest BCUT2D eigenvalue weighted by Gasteiger charge is 2.31. The highest BCUT2D eigenvalue weighted by Crippen LogP contribution is 2.14. The van der Waals surface area contributed by atoms with Gasteiger partial charge in [0.25, 0.3) is 5.91 Å². The molecule has 0 saturated heterocycles. The van der Waals surface area contributed by atoms with Crippen molar-refractivity contribution >= 4 is 5.91 Å². The number of rotatable bonds is 8. The largest absolute Gasteiger partial charge is 0.369 e. The fourth-order valence-corrected chi connectivity index (χ4v) is 1.44. The van der Waals surface area contributed by atoms with Crippen LogP contribution in [-0.4, -0.2) is 31.2 Å². The standard InChI is InChI=1S/C12H26N2O2/c1-5-7-8-10(9-13)14-11(15)12(3,6-2)16-4/h10H,5-9,13H2,1-4H3,(H,14,15). The third-order valence-corrected chi connectivity index (χ3v) is 3.13. The van der Waals surface area contributed by atoms with Gasteiger partial charge in [-0.1, -0.05) is 26.7 Å². The van der Waals surface area contributed by atoms with Crippen molar-refractivity contribution < 1.29 is 9.53 Å². The van der Waals surface area contributed by atoms with Crippen molar-refractivity contribution in [1.82, 2.24) is 5.32 Å². The molecule has 0 aliphatic heterocycles. The zero-order chi connectivity index (χ0) is 12.6. The van der Waals surface area contributed by atoms with Crippen LogP contribution in [0.25, 0.3) is 0 Å². The van der Waals surface area contributed by atoms with Crippen LogP contribution in [0.5, 0.6) is 0 Å². The van der Waals surface area contributed by atoms with Gasteiger partial charge >= 0.3 is 0 Å². The number of hydrogen-bond donors (Lipinski definition) is 2. The lowest BCUT2D eigenvalue weighted by Gasteiger charge is -2.28. The monoisotopic (exact) mass is 230 g/mol. The minimum absolute atomic E-state index is 0.0634. The second-order valence-corrected chi connectivity index (χ2v) is 4.34. The summed E-state index contributed by atoms with van der Waals surface area (Å²) in [7, 11) is 1.56. The Balaban J connectivity index is 4.28. The van der Waals surface area contributed by atoms with E-state index in [-0.39, 0.29) is 11.9 Å². The summed E-state index contributed by atoms with van der Waals surface area (Å²) in [6, 6.07) is 0.0634. The highest BCUT2D eigenvalue weighted by atomic mass is 16.5. The van der Waals surface area contributed by atoms with Crippen LogP contribution in [0, 0.1) is 0 Å². The van der Waals surface area contributed by atoms with E-state index in [4.69, 9.17) is 10.5 Å². The Kier molecular flexibility index (Phi) is 7.34. The maximum Gasteiger partial charge on any atom is 0.252 e. The van der Waals surface area contributed by atoms with Gasteiger partial charge in [-0.05, 0) is 19.8 Å². The lowest BCUT2D eigenvalue weighted by atomic mass is 10.0. The summed E-state index contributed by atoms with van der Waals surface area (Å²) in [6.07, 6.45) is 3.78. The fourth-order valence-electron chi connectivity index (χ4n) is 1.44. The Morgan fingerprint density at radius 3 is 2.50 bits per heavy atom. The van der Waals surface area contributed by atoms with E-state index in [0.717, 1.165) is 19.3 Å². The Morgan fingerprint density at radius 2 is 2.12 bits per heavy atom. The number of unbranched alkanes of at least 4 members (excludes halogenated alkanes) is 1. The van der Waals surface area contributed by atoms with E-state index in [9.17, 15) is 4.79 Å². The molecule has 1 amide bonds. The zero-order valence-electron chi connectivity index (χ0n) is 11.0. The van der Waals surface area contributed by atoms with Crippen LogP contribution >= 0.6 is 0 Å². The summed E-state index contributed by atoms with van der Waals surface area (Å²) in [5, 5.41) is 2.96. The minimum atomic E-state index is -0.736. The number of hydrogen-bond acceptors (Lipinski definition) is 3. The SMILES string of the molecule is CCCCC(CN)NC(=O)C(C)(CC)OC. The maximum absolute atomic E-state index is 12.0. The summed E-state index contributed by atoms with van der Waals surface area (Å²) in [5.74, 6) is -0.0657. The first-order valence-electron chi connectivity index (χ1n) is 6.10. The zero-order valence-corrected chi connectivity index (χ0v) is 11.0. The molecule has 0 spiro atoms. The molecule has 0 aromatic carbocycles. The van der Waals surface area contributed by atoms with E-state index in [2.05, 4.69) is 12.2 Å². The average molecular weight is 230 g/mol. The molecule has 4 nitrogen and oxygen atoms in total. The Morgan fingerprint density at radius 1 is 1.50 bits per heavy atom. The number of methoxy groups -OCH3 is 1. The molecular weight excluding hydrogens is 204 g/mol. The van der Waals surface area contributed by atoms with Crippen molar-refractivity contribution in [3.05, 3.63) is 0 Å². The maximum atomic E-state index is 12.0. The number of amides is 1. The van der Waals surface area contributed by atoms with E-state index in [1.165, 1.54) is 0 Å². The number of ether oxygens (including phenoxy) is 1. The molecule has 0 aromatic heterocycles. The third kappa shape index (κ3) is 4.49. The van der Waals surface area contributed by atoms with Gasteiger partial charge in [-0.25, -0.2) is 0 Å². The second kappa shape index (κ2) is 7.63. The summed E-state index contributed by atoms with van der Waals surface area (Å²) in [6.45, 7) is 6.35. The molecule has 0 fully saturated rings. The summed E-state index contributed by atoms with van der Waals surface area (Å²) in [4.78, 5) is 12.0. The van der Waals surface area contributed by atoms with Crippen LogP contribution in [0.4, 0.5) is 0 Å². The van der Waals surface area contributed by atoms with E-state index in [1.54, 1.807) is 14.0 Å². The summed E-state index contributed by atoms with van der Waals surface area (Å²) >= 11 is 0. The van der Waals surface area contributed by atoms with Gasteiger partial charge in [0.1, 0.15) is 5.60 Å². The molecule has 3 N–H and O–H groups in total. The smallest absolute Gasteiger partial charge is 0.252 e. The predicted octanol–water partition coefficient (Wildman–Crippen LogP) is 1.44. The molecular formula is C12H26N2O2. The van der Waals surface area contributed by atoms with Gasteiger partial charge in [0.15, 0.2) is 0 Å². The van der Waals surface area contributed by atoms with Crippen LogP contribution in [0.1, 0.15) is 46.5 Å². The topological polar surface area (TPSA) is 64.3 Å². The molecule has 0 saturated carbocycles. The molecule has 2 unspecified atom stereocenters. The molecule has 0 heterocycles. The molecule has 4 heteroatoms. The molecule has 0 bridgehead atoms. The van der Waals surface area contributed by atoms with E-state index in [1.807, 2.05) is 6.92 Å². The van der Waals surface area contributed by atoms with Gasteiger partial charge in [0.2, 0.25) is 0 Å². The van der Waals surface area contributed by atoms with Gasteiger partial charge in [-0.3, -0.25) is 4.79 Å². The van der Waals surface area contributed by atoms with Crippen molar-refractivity contribution in [2.24, 2.45) is 5.73 Å². The van der Waals surface area contributed by atoms with E-state index >= 15 is 0 Å². The predicted molar refractivity (Wildman–Crippen MR) is 66.2 cm³/mol. The van der Waals surface area contributed by atoms with Gasteiger partial charge in [0, 0.05) is 19.7 Å². The van der Waals surface area contributed by atoms with Crippen molar-refractivity contribution in [3.63, 3.8) is 0 Å². The van der Waals surface area contributed by atoms with Crippen molar-refractivity contribution in [3.8, 4) is 0 Å². The van der Waals surface area contributed by atoms with Crippen molar-refractivity contribution in [2.75, 3.05) is 13.7 Å². The van der Waals surface area contributed by atoms with Gasteiger partial charge < -0.3 is 15.8 Å². The van der Waals surface area contributed by atoms with Crippen LogP contribution in [0.2, 0.25) is 0 Å². The molecule has 16 heavy (non-hydrogen) atoms. The molecule has 0 radical (unpaired) electrons. The molecule has 0 aliphatic carbocycles. The van der Waals surface area contributed by atoms with Crippen LogP contribution in [0.3, 0.4) is 0 Å². The summed E-state index contributed by atoms with van der Waals surface area (Å²) in [5.41, 5.74) is 4.90. The first kappa shape index (κ1) is 15.4. The van der Waals surface area contributed by atoms with E-state index < -0.39 is 5.60 Å². The highest BCUT2D eigenvalue weighted by molar-refractivity contribution is 5.84. The van der Waals surface area contributed by atoms with Gasteiger partial charge in [-0.15, -0.1) is 0 Å². The molecule has 0 aromatic rings. The van der Waals surface area contributed by atoms with E-state index in [0.29, 0.717) is 13.0 Å². The normalized spacial score (nSPS) is 16.6. The number of nitrogens with two attached hydrogens (primary N) is 1. The fraction of sp³-hybridized carbons (Fsp3) is 0.917. The number of nitrogens with one attached hydrogen (secondary N) is 1. The Hall–Kier alpha value is -0.610. The summed E-state index contributed by atoms with van der Waals surface area (Å²) < 4.78 is 5.25. The minimum Gasteiger partial charge on any atom is -0.369 e. The Labute approximate surface area is 98.9 Å². The van der Waals surface area contributed by atoms with Gasteiger partial charge in [-0.2, -0.15) is 0 Å². The van der Waals surface area contributed by atoms with Gasteiger partial charge in [0.05, 0.1) is 0 Å². The Bertz CT molecular complexity index is 203. The average Bonchev–Trinajstić information content (AvgIpc) is 2.32. The lowest BCUT2D eigenvalue weighted by Crippen LogP contribution is -2.51. The number of carbonyl (C=O) groups is 1. The van der Waals surface area contributed by atoms with Crippen molar-refractivity contribution in [2.45, 2.75) is 58.1 Å². The molecule has 0 aliphatic rings. The quantitative estimate of drug-likeness (QED) is 0.663. The first-order valence-corrected chi connectivity index (χ1v) is 6.10. The van der Waals surface area contributed by atoms with Crippen LogP contribution < -0.4 is 11.1 Å². The van der Waals surface area contributed by atoms with Crippen LogP contribution in [-0.2, 0) is 9.53 Å². The first-order chi connectivity index (χ1) is 7.53. The third-order valence-electron chi connectivity index (χ3n) is 3.13. The molecule has 96 valence electrons. The lowest BCUT2D eigenvalue weighted by molar-refractivity contribution is -0.142. The van der Waals surface area contributed by atoms with Crippen LogP contribution in [0.15, 0.2) is 0 Å². The molecule has 0 rings (SSSR count).